The summed E-state index contributed by atoms with van der Waals surface area (Å²) in [5, 5.41) is 0. The third-order valence-corrected chi connectivity index (χ3v) is 3.86. The van der Waals surface area contributed by atoms with E-state index in [0.717, 1.165) is 43.2 Å². The van der Waals surface area contributed by atoms with Crippen molar-refractivity contribution in [1.29, 1.82) is 0 Å². The lowest BCUT2D eigenvalue weighted by Crippen LogP contribution is -2.24. The van der Waals surface area contributed by atoms with Crippen LogP contribution in [0.2, 0.25) is 0 Å². The van der Waals surface area contributed by atoms with Crippen LogP contribution in [0.15, 0.2) is 0 Å². The summed E-state index contributed by atoms with van der Waals surface area (Å²) < 4.78 is 35.6. The van der Waals surface area contributed by atoms with Crippen molar-refractivity contribution in [2.24, 2.45) is 0 Å². The van der Waals surface area contributed by atoms with E-state index >= 15 is 0 Å². The molecule has 0 saturated carbocycles. The number of hydrogen-bond acceptors (Lipinski definition) is 3. The fourth-order valence-corrected chi connectivity index (χ4v) is 2.57. The highest BCUT2D eigenvalue weighted by atomic mass is 32.2. The molecule has 0 spiro atoms. The van der Waals surface area contributed by atoms with E-state index < -0.39 is 17.7 Å². The minimum Gasteiger partial charge on any atom is -0.289 e. The number of hydrogen-bond donors (Lipinski definition) is 1. The first kappa shape index (κ1) is 18.2. The van der Waals surface area contributed by atoms with Crippen molar-refractivity contribution in [1.82, 2.24) is 0 Å². The topological polar surface area (TPSA) is 17.1 Å². The maximum Gasteiger partial charge on any atom is 0.450 e. The van der Waals surface area contributed by atoms with E-state index in [4.69, 9.17) is 0 Å². The second-order valence-electron chi connectivity index (χ2n) is 4.17. The van der Waals surface area contributed by atoms with Crippen LogP contribution in [0.1, 0.15) is 44.9 Å². The zero-order valence-corrected chi connectivity index (χ0v) is 12.2. The summed E-state index contributed by atoms with van der Waals surface area (Å²) in [6.07, 6.45) is 3.13. The molecule has 0 aromatic rings. The number of thiol groups is 1. The number of unbranched alkanes of at least 4 members (excludes halogenated alkanes) is 6. The number of carbonyl (C=O) groups excluding carboxylic acids is 1. The molecule has 0 radical (unpaired) electrons. The monoisotopic (exact) mass is 302 g/mol. The number of thioether (sulfide) groups is 1. The molecule has 0 aromatic carbocycles. The fourth-order valence-electron chi connectivity index (χ4n) is 1.45. The predicted molar refractivity (Wildman–Crippen MR) is 74.6 cm³/mol. The van der Waals surface area contributed by atoms with Crippen LogP contribution in [0.3, 0.4) is 0 Å². The van der Waals surface area contributed by atoms with Crippen LogP contribution in [0.25, 0.3) is 0 Å². The van der Waals surface area contributed by atoms with Crippen molar-refractivity contribution < 1.29 is 18.0 Å². The van der Waals surface area contributed by atoms with Crippen LogP contribution in [0, 0.1) is 0 Å². The average molecular weight is 302 g/mol. The summed E-state index contributed by atoms with van der Waals surface area (Å²) >= 11 is 5.21. The lowest BCUT2D eigenvalue weighted by molar-refractivity contribution is -0.167. The summed E-state index contributed by atoms with van der Waals surface area (Å²) in [4.78, 5) is 10.5. The van der Waals surface area contributed by atoms with Gasteiger partial charge in [0.05, 0.1) is 5.75 Å². The summed E-state index contributed by atoms with van der Waals surface area (Å²) in [5.74, 6) is -0.493. The van der Waals surface area contributed by atoms with E-state index in [1.54, 1.807) is 0 Å². The molecule has 0 fully saturated rings. The Balaban J connectivity index is 3.19. The summed E-state index contributed by atoms with van der Waals surface area (Å²) in [5.41, 5.74) is 0. The third-order valence-electron chi connectivity index (χ3n) is 2.50. The lowest BCUT2D eigenvalue weighted by atomic mass is 10.1. The Bertz CT molecular complexity index is 220. The van der Waals surface area contributed by atoms with E-state index in [2.05, 4.69) is 12.6 Å². The average Bonchev–Trinajstić information content (AvgIpc) is 2.30. The molecule has 0 unspecified atom stereocenters. The Kier molecular flexibility index (Phi) is 11.1. The third kappa shape index (κ3) is 11.3. The Morgan fingerprint density at radius 1 is 0.944 bits per heavy atom. The van der Waals surface area contributed by atoms with Gasteiger partial charge < -0.3 is 0 Å². The lowest BCUT2D eigenvalue weighted by Gasteiger charge is -2.04. The molecule has 108 valence electrons. The molecule has 0 N–H and O–H groups in total. The van der Waals surface area contributed by atoms with Crippen molar-refractivity contribution in [3.8, 4) is 0 Å². The zero-order chi connectivity index (χ0) is 13.9. The quantitative estimate of drug-likeness (QED) is 0.447. The molecular weight excluding hydrogens is 281 g/mol. The molecule has 0 aliphatic heterocycles. The Morgan fingerprint density at radius 2 is 1.44 bits per heavy atom. The fraction of sp³-hybridized carbons (Fsp3) is 0.917. The predicted octanol–water partition coefficient (Wildman–Crippen LogP) is 4.51. The van der Waals surface area contributed by atoms with Gasteiger partial charge in [0, 0.05) is 0 Å². The molecule has 0 amide bonds. The number of Topliss-reactive ketones (excluding diaryl/α,β-unsaturated/α-hetero) is 1. The SMILES string of the molecule is O=C(CSCCCCCCCCCS)C(F)(F)F. The van der Waals surface area contributed by atoms with Gasteiger partial charge >= 0.3 is 6.18 Å². The molecule has 0 atom stereocenters. The van der Waals surface area contributed by atoms with Gasteiger partial charge in [-0.15, -0.1) is 0 Å². The highest BCUT2D eigenvalue weighted by Gasteiger charge is 2.37. The van der Waals surface area contributed by atoms with Crippen LogP contribution in [-0.4, -0.2) is 29.2 Å². The van der Waals surface area contributed by atoms with Gasteiger partial charge in [-0.1, -0.05) is 32.1 Å². The summed E-state index contributed by atoms with van der Waals surface area (Å²) in [7, 11) is 0. The van der Waals surface area contributed by atoms with Crippen LogP contribution in [0.4, 0.5) is 13.2 Å². The normalized spacial score (nSPS) is 11.8. The molecule has 18 heavy (non-hydrogen) atoms. The van der Waals surface area contributed by atoms with Crippen LogP contribution in [0.5, 0.6) is 0 Å². The minimum atomic E-state index is -4.67. The number of alkyl halides is 3. The van der Waals surface area contributed by atoms with Gasteiger partial charge in [0.1, 0.15) is 0 Å². The van der Waals surface area contributed by atoms with E-state index in [9.17, 15) is 18.0 Å². The van der Waals surface area contributed by atoms with Gasteiger partial charge in [-0.2, -0.15) is 37.6 Å². The second-order valence-corrected chi connectivity index (χ2v) is 5.72. The number of ketones is 1. The molecular formula is C12H21F3OS2. The molecule has 0 saturated heterocycles. The molecule has 0 aliphatic carbocycles. The minimum absolute atomic E-state index is 0.439. The maximum atomic E-state index is 11.9. The van der Waals surface area contributed by atoms with Gasteiger partial charge in [0.15, 0.2) is 0 Å². The number of rotatable bonds is 11. The van der Waals surface area contributed by atoms with Gasteiger partial charge in [0.2, 0.25) is 5.78 Å². The zero-order valence-electron chi connectivity index (χ0n) is 10.5. The molecule has 0 aromatic heterocycles. The first-order valence-electron chi connectivity index (χ1n) is 6.27. The van der Waals surface area contributed by atoms with Crippen molar-refractivity contribution in [3.63, 3.8) is 0 Å². The molecule has 0 rings (SSSR count). The smallest absolute Gasteiger partial charge is 0.289 e. The van der Waals surface area contributed by atoms with E-state index in [1.807, 2.05) is 0 Å². The van der Waals surface area contributed by atoms with E-state index in [-0.39, 0.29) is 0 Å². The van der Waals surface area contributed by atoms with Crippen LogP contribution < -0.4 is 0 Å². The highest BCUT2D eigenvalue weighted by Crippen LogP contribution is 2.19. The Morgan fingerprint density at radius 3 is 1.94 bits per heavy atom. The second kappa shape index (κ2) is 11.0. The van der Waals surface area contributed by atoms with Crippen molar-refractivity contribution in [3.05, 3.63) is 0 Å². The standard InChI is InChI=1S/C12H21F3OS2/c13-12(14,15)11(16)10-18-9-7-5-3-1-2-4-6-8-17/h17H,1-10H2. The summed E-state index contributed by atoms with van der Waals surface area (Å²) in [6, 6.07) is 0. The van der Waals surface area contributed by atoms with Gasteiger partial charge in [-0.05, 0) is 24.3 Å². The van der Waals surface area contributed by atoms with Crippen molar-refractivity contribution in [2.75, 3.05) is 17.3 Å². The summed E-state index contributed by atoms with van der Waals surface area (Å²) in [6.45, 7) is 0. The number of halogens is 3. The first-order chi connectivity index (χ1) is 8.48. The largest absolute Gasteiger partial charge is 0.450 e. The Labute approximate surface area is 117 Å². The maximum absolute atomic E-state index is 11.9. The van der Waals surface area contributed by atoms with Crippen LogP contribution >= 0.6 is 24.4 Å². The van der Waals surface area contributed by atoms with Gasteiger partial charge in [-0.25, -0.2) is 0 Å². The Hall–Kier alpha value is 0.160. The van der Waals surface area contributed by atoms with Crippen molar-refractivity contribution in [2.45, 2.75) is 51.1 Å². The molecule has 6 heteroatoms. The van der Waals surface area contributed by atoms with Gasteiger partial charge in [-0.3, -0.25) is 4.79 Å². The molecule has 0 bridgehead atoms. The first-order valence-corrected chi connectivity index (χ1v) is 8.06. The highest BCUT2D eigenvalue weighted by molar-refractivity contribution is 7.99. The van der Waals surface area contributed by atoms with Crippen molar-refractivity contribution >= 4 is 30.2 Å². The number of carbonyl (C=O) groups is 1. The molecule has 0 heterocycles. The molecule has 0 aliphatic rings. The van der Waals surface area contributed by atoms with E-state index in [1.165, 1.54) is 19.3 Å². The molecule has 1 nitrogen and oxygen atoms in total. The van der Waals surface area contributed by atoms with Crippen LogP contribution in [-0.2, 0) is 4.79 Å². The van der Waals surface area contributed by atoms with Gasteiger partial charge in [0.25, 0.3) is 0 Å². The van der Waals surface area contributed by atoms with E-state index in [0.29, 0.717) is 5.75 Å².